The van der Waals surface area contributed by atoms with Gasteiger partial charge in [0.2, 0.25) is 0 Å². The molecule has 212 valence electrons. The summed E-state index contributed by atoms with van der Waals surface area (Å²) in [4.78, 5) is 37.9. The molecule has 0 radical (unpaired) electrons. The highest BCUT2D eigenvalue weighted by Crippen LogP contribution is 2.46. The zero-order valence-electron chi connectivity index (χ0n) is 22.2. The third-order valence-corrected chi connectivity index (χ3v) is 8.88. The van der Waals surface area contributed by atoms with Crippen LogP contribution in [0, 0.1) is 5.92 Å². The first-order chi connectivity index (χ1) is 19.1. The van der Waals surface area contributed by atoms with Crippen molar-refractivity contribution in [3.05, 3.63) is 63.4 Å². The number of benzene rings is 2. The molecule has 0 saturated carbocycles. The van der Waals surface area contributed by atoms with E-state index in [1.165, 1.54) is 0 Å². The molecule has 2 heterocycles. The van der Waals surface area contributed by atoms with Crippen molar-refractivity contribution in [3.8, 4) is 21.9 Å². The molecule has 0 unspecified atom stereocenters. The number of carboxylic acid groups (broad SMARTS) is 2. The molecule has 0 aliphatic carbocycles. The fourth-order valence-corrected chi connectivity index (χ4v) is 6.43. The number of amides is 2. The van der Waals surface area contributed by atoms with Crippen molar-refractivity contribution in [2.75, 3.05) is 31.6 Å². The monoisotopic (exact) mass is 630 g/mol. The number of thiophene rings is 1. The summed E-state index contributed by atoms with van der Waals surface area (Å²) in [6.45, 7) is 5.34. The number of piperidine rings is 1. The highest BCUT2D eigenvalue weighted by Gasteiger charge is 2.26. The van der Waals surface area contributed by atoms with Gasteiger partial charge in [-0.05, 0) is 69.9 Å². The van der Waals surface area contributed by atoms with Gasteiger partial charge in [0.1, 0.15) is 5.75 Å². The molecule has 9 nitrogen and oxygen atoms in total. The van der Waals surface area contributed by atoms with E-state index in [-0.39, 0.29) is 16.7 Å². The number of nitrogens with one attached hydrogen (secondary N) is 1. The van der Waals surface area contributed by atoms with Crippen LogP contribution in [0.25, 0.3) is 10.4 Å². The van der Waals surface area contributed by atoms with E-state index in [4.69, 9.17) is 14.6 Å². The number of likely N-dealkylation sites (tertiary alicyclic amines) is 1. The Morgan fingerprint density at radius 1 is 1.07 bits per heavy atom. The van der Waals surface area contributed by atoms with Crippen LogP contribution in [0.1, 0.15) is 47.8 Å². The van der Waals surface area contributed by atoms with Gasteiger partial charge in [-0.25, -0.2) is 14.4 Å². The number of hydrogen-bond acceptors (Lipinski definition) is 6. The van der Waals surface area contributed by atoms with Crippen LogP contribution in [0.15, 0.2) is 53.0 Å². The first-order valence-corrected chi connectivity index (χ1v) is 14.5. The van der Waals surface area contributed by atoms with Gasteiger partial charge < -0.3 is 29.9 Å². The maximum absolute atomic E-state index is 12.9. The summed E-state index contributed by atoms with van der Waals surface area (Å²) in [5, 5.41) is 21.6. The Balaban J connectivity index is 1.34. The summed E-state index contributed by atoms with van der Waals surface area (Å²) < 4.78 is 11.7. The normalized spacial score (nSPS) is 13.8. The Bertz CT molecular complexity index is 1380. The van der Waals surface area contributed by atoms with Crippen molar-refractivity contribution in [1.82, 2.24) is 4.90 Å². The van der Waals surface area contributed by atoms with E-state index in [0.29, 0.717) is 46.6 Å². The van der Waals surface area contributed by atoms with Crippen LogP contribution in [0.4, 0.5) is 10.5 Å². The zero-order valence-corrected chi connectivity index (χ0v) is 24.6. The number of halogens is 1. The van der Waals surface area contributed by atoms with Crippen LogP contribution in [-0.4, -0.2) is 59.4 Å². The van der Waals surface area contributed by atoms with Crippen molar-refractivity contribution in [1.29, 1.82) is 0 Å². The fraction of sp³-hybridized carbons (Fsp3) is 0.345. The Hall–Kier alpha value is -3.57. The summed E-state index contributed by atoms with van der Waals surface area (Å²) in [5.41, 5.74) is 2.68. The van der Waals surface area contributed by atoms with Gasteiger partial charge in [0.25, 0.3) is 0 Å². The highest BCUT2D eigenvalue weighted by molar-refractivity contribution is 9.10. The zero-order chi connectivity index (χ0) is 28.8. The number of urea groups is 1. The molecule has 1 aliphatic rings. The predicted molar refractivity (Wildman–Crippen MR) is 157 cm³/mol. The molecule has 0 bridgehead atoms. The molecule has 1 saturated heterocycles. The molecule has 0 atom stereocenters. The van der Waals surface area contributed by atoms with Gasteiger partial charge in [-0.1, -0.05) is 44.2 Å². The molecule has 3 aromatic rings. The smallest absolute Gasteiger partial charge is 0.349 e. The van der Waals surface area contributed by atoms with Crippen LogP contribution in [0.3, 0.4) is 0 Å². The number of hydrogen-bond donors (Lipinski definition) is 3. The molecule has 1 aliphatic heterocycles. The number of rotatable bonds is 10. The molecule has 2 aromatic carbocycles. The number of aromatic carboxylic acids is 1. The van der Waals surface area contributed by atoms with Gasteiger partial charge in [-0.15, -0.1) is 11.3 Å². The van der Waals surface area contributed by atoms with Crippen LogP contribution in [0.5, 0.6) is 11.5 Å². The first kappa shape index (κ1) is 29.4. The highest BCUT2D eigenvalue weighted by atomic mass is 79.9. The van der Waals surface area contributed by atoms with E-state index in [9.17, 15) is 19.5 Å². The minimum Gasteiger partial charge on any atom is -0.493 e. The summed E-state index contributed by atoms with van der Waals surface area (Å²) in [7, 11) is 0. The van der Waals surface area contributed by atoms with Gasteiger partial charge in [0.15, 0.2) is 17.2 Å². The molecule has 2 amide bonds. The van der Waals surface area contributed by atoms with E-state index in [0.717, 1.165) is 41.0 Å². The number of carbonyl (C=O) groups excluding carboxylic acids is 1. The van der Waals surface area contributed by atoms with E-state index in [2.05, 4.69) is 35.1 Å². The Labute approximate surface area is 244 Å². The molecule has 1 aromatic heterocycles. The lowest BCUT2D eigenvalue weighted by Crippen LogP contribution is -2.42. The topological polar surface area (TPSA) is 125 Å². The molecular weight excluding hydrogens is 600 g/mol. The van der Waals surface area contributed by atoms with Gasteiger partial charge >= 0.3 is 18.0 Å². The van der Waals surface area contributed by atoms with Crippen LogP contribution < -0.4 is 14.8 Å². The molecular formula is C29H31BrN2O7S. The maximum Gasteiger partial charge on any atom is 0.349 e. The van der Waals surface area contributed by atoms with Crippen molar-refractivity contribution in [2.45, 2.75) is 32.6 Å². The third-order valence-electron chi connectivity index (χ3n) is 6.65. The lowest BCUT2D eigenvalue weighted by Gasteiger charge is -2.32. The largest absolute Gasteiger partial charge is 0.493 e. The molecule has 0 spiro atoms. The second kappa shape index (κ2) is 13.2. The molecule has 1 fully saturated rings. The number of carbonyl (C=O) groups is 3. The second-order valence-corrected chi connectivity index (χ2v) is 11.6. The summed E-state index contributed by atoms with van der Waals surface area (Å²) in [6, 6.07) is 15.1. The Morgan fingerprint density at radius 2 is 1.80 bits per heavy atom. The minimum absolute atomic E-state index is 0.00953. The summed E-state index contributed by atoms with van der Waals surface area (Å²) in [6.07, 6.45) is 1.64. The summed E-state index contributed by atoms with van der Waals surface area (Å²) in [5.74, 6) is -1.18. The summed E-state index contributed by atoms with van der Waals surface area (Å²) >= 11 is 4.38. The van der Waals surface area contributed by atoms with Crippen LogP contribution >= 0.6 is 27.3 Å². The molecule has 4 rings (SSSR count). The predicted octanol–water partition coefficient (Wildman–Crippen LogP) is 6.79. The van der Waals surface area contributed by atoms with Gasteiger partial charge in [0, 0.05) is 18.8 Å². The number of anilines is 1. The van der Waals surface area contributed by atoms with Gasteiger partial charge in [0.05, 0.1) is 16.0 Å². The average molecular weight is 632 g/mol. The van der Waals surface area contributed by atoms with Crippen LogP contribution in [0.2, 0.25) is 0 Å². The number of aliphatic carboxylic acids is 1. The number of ether oxygens (including phenoxy) is 2. The lowest BCUT2D eigenvalue weighted by molar-refractivity contribution is -0.139. The fourth-order valence-electron chi connectivity index (χ4n) is 4.54. The molecule has 11 heteroatoms. The number of carboxylic acids is 2. The van der Waals surface area contributed by atoms with Crippen LogP contribution in [-0.2, 0) is 4.79 Å². The third kappa shape index (κ3) is 7.14. The quantitative estimate of drug-likeness (QED) is 0.225. The number of nitrogens with zero attached hydrogens (tertiary/aromatic N) is 1. The van der Waals surface area contributed by atoms with Crippen molar-refractivity contribution in [3.63, 3.8) is 0 Å². The maximum atomic E-state index is 12.9. The van der Waals surface area contributed by atoms with E-state index >= 15 is 0 Å². The number of para-hydroxylation sites is 1. The second-order valence-electron chi connectivity index (χ2n) is 9.83. The van der Waals surface area contributed by atoms with E-state index in [1.807, 2.05) is 53.4 Å². The van der Waals surface area contributed by atoms with Gasteiger partial charge in [-0.2, -0.15) is 0 Å². The van der Waals surface area contributed by atoms with Gasteiger partial charge in [-0.3, -0.25) is 0 Å². The van der Waals surface area contributed by atoms with E-state index in [1.54, 1.807) is 0 Å². The van der Waals surface area contributed by atoms with Crippen molar-refractivity contribution >= 4 is 50.9 Å². The van der Waals surface area contributed by atoms with Crippen molar-refractivity contribution < 1.29 is 34.1 Å². The lowest BCUT2D eigenvalue weighted by atomic mass is 9.98. The van der Waals surface area contributed by atoms with E-state index < -0.39 is 18.5 Å². The first-order valence-electron chi connectivity index (χ1n) is 12.9. The molecule has 3 N–H and O–H groups in total. The minimum atomic E-state index is -1.20. The Morgan fingerprint density at radius 3 is 2.48 bits per heavy atom. The average Bonchev–Trinajstić information content (AvgIpc) is 3.27. The Kier molecular flexibility index (Phi) is 9.70. The SMILES string of the molecule is CC(C)c1ccccc1NC(=O)N1CCC(COc2cccc(-c3sc(C(=O)O)c(OCC(=O)O)c3Br)c2)CC1. The molecule has 40 heavy (non-hydrogen) atoms. The standard InChI is InChI=1S/C29H31BrN2O7S/c1-17(2)21-8-3-4-9-22(21)31-29(37)32-12-10-18(11-13-32)15-38-20-7-5-6-19(14-20)26-24(30)25(39-16-23(33)34)27(40-26)28(35)36/h3-9,14,17-18H,10-13,15-16H2,1-2H3,(H,31,37)(H,33,34)(H,35,36). The van der Waals surface area contributed by atoms with Crippen molar-refractivity contribution in [2.24, 2.45) is 5.92 Å².